The number of hydrogen-bond acceptors (Lipinski definition) is 7. The van der Waals surface area contributed by atoms with E-state index in [-0.39, 0.29) is 11.7 Å². The Labute approximate surface area is 161 Å². The van der Waals surface area contributed by atoms with Gasteiger partial charge in [0.2, 0.25) is 5.82 Å². The largest absolute Gasteiger partial charge is 0.354 e. The van der Waals surface area contributed by atoms with Gasteiger partial charge < -0.3 is 10.2 Å². The average Bonchev–Trinajstić information content (AvgIpc) is 3.09. The smallest absolute Gasteiger partial charge is 0.289 e. The molecule has 0 bridgehead atoms. The zero-order chi connectivity index (χ0) is 18.6. The first-order chi connectivity index (χ1) is 13.2. The number of carbonyl (C=O) groups is 1. The summed E-state index contributed by atoms with van der Waals surface area (Å²) in [5.41, 5.74) is 1.80. The van der Waals surface area contributed by atoms with Gasteiger partial charge in [-0.25, -0.2) is 9.97 Å². The lowest BCUT2D eigenvalue weighted by Gasteiger charge is -2.27. The predicted molar refractivity (Wildman–Crippen MR) is 106 cm³/mol. The van der Waals surface area contributed by atoms with Crippen molar-refractivity contribution in [2.75, 3.05) is 36.0 Å². The van der Waals surface area contributed by atoms with Crippen LogP contribution in [0.25, 0.3) is 11.0 Å². The number of carbonyl (C=O) groups excluding carboxylic acids is 1. The van der Waals surface area contributed by atoms with Crippen LogP contribution in [0.2, 0.25) is 0 Å². The lowest BCUT2D eigenvalue weighted by Crippen LogP contribution is -2.34. The van der Waals surface area contributed by atoms with E-state index in [4.69, 9.17) is 0 Å². The first kappa shape index (κ1) is 17.7. The quantitative estimate of drug-likeness (QED) is 0.710. The van der Waals surface area contributed by atoms with E-state index in [0.717, 1.165) is 47.8 Å². The van der Waals surface area contributed by atoms with Crippen LogP contribution >= 0.6 is 11.8 Å². The summed E-state index contributed by atoms with van der Waals surface area (Å²) in [4.78, 5) is 27.9. The SMILES string of the molecule is Cn1ncc2c(N3CCSCC3)nc(C(=O)NCCc3ccncc3)nc21. The summed E-state index contributed by atoms with van der Waals surface area (Å²) in [5.74, 6) is 2.83. The molecule has 0 aliphatic carbocycles. The molecule has 0 spiro atoms. The van der Waals surface area contributed by atoms with Gasteiger partial charge in [0, 0.05) is 50.6 Å². The van der Waals surface area contributed by atoms with Crippen molar-refractivity contribution in [3.8, 4) is 0 Å². The molecule has 8 nitrogen and oxygen atoms in total. The summed E-state index contributed by atoms with van der Waals surface area (Å²) in [6.07, 6.45) is 6.01. The number of nitrogens with zero attached hydrogens (tertiary/aromatic N) is 6. The summed E-state index contributed by atoms with van der Waals surface area (Å²) in [6, 6.07) is 3.88. The molecular formula is C18H21N7OS. The number of anilines is 1. The van der Waals surface area contributed by atoms with Crippen LogP contribution in [-0.4, -0.2) is 61.8 Å². The van der Waals surface area contributed by atoms with Gasteiger partial charge in [0.05, 0.1) is 11.6 Å². The van der Waals surface area contributed by atoms with Crippen molar-refractivity contribution in [2.24, 2.45) is 7.05 Å². The van der Waals surface area contributed by atoms with Crippen molar-refractivity contribution in [1.82, 2.24) is 30.0 Å². The fourth-order valence-electron chi connectivity index (χ4n) is 3.07. The molecule has 3 aromatic rings. The summed E-state index contributed by atoms with van der Waals surface area (Å²) < 4.78 is 1.69. The summed E-state index contributed by atoms with van der Waals surface area (Å²) in [6.45, 7) is 2.34. The number of fused-ring (bicyclic) bond motifs is 1. The Morgan fingerprint density at radius 1 is 1.22 bits per heavy atom. The number of rotatable bonds is 5. The van der Waals surface area contributed by atoms with Gasteiger partial charge >= 0.3 is 0 Å². The number of nitrogens with one attached hydrogen (secondary N) is 1. The van der Waals surface area contributed by atoms with Crippen molar-refractivity contribution in [2.45, 2.75) is 6.42 Å². The highest BCUT2D eigenvalue weighted by Crippen LogP contribution is 2.25. The van der Waals surface area contributed by atoms with Crippen LogP contribution in [-0.2, 0) is 13.5 Å². The maximum atomic E-state index is 12.6. The number of amides is 1. The van der Waals surface area contributed by atoms with Crippen LogP contribution in [0.3, 0.4) is 0 Å². The Hall–Kier alpha value is -2.68. The maximum Gasteiger partial charge on any atom is 0.289 e. The van der Waals surface area contributed by atoms with E-state index >= 15 is 0 Å². The number of aryl methyl sites for hydroxylation is 1. The van der Waals surface area contributed by atoms with Crippen molar-refractivity contribution >= 4 is 34.5 Å². The molecule has 4 heterocycles. The number of pyridine rings is 1. The molecule has 1 saturated heterocycles. The van der Waals surface area contributed by atoms with Gasteiger partial charge in [0.25, 0.3) is 5.91 Å². The van der Waals surface area contributed by atoms with Crippen LogP contribution < -0.4 is 10.2 Å². The topological polar surface area (TPSA) is 88.8 Å². The average molecular weight is 383 g/mol. The second-order valence-electron chi connectivity index (χ2n) is 6.34. The normalized spacial score (nSPS) is 14.5. The Morgan fingerprint density at radius 2 is 2.00 bits per heavy atom. The third-order valence-electron chi connectivity index (χ3n) is 4.53. The molecule has 1 aliphatic heterocycles. The second kappa shape index (κ2) is 7.91. The minimum Gasteiger partial charge on any atom is -0.354 e. The number of aromatic nitrogens is 5. The van der Waals surface area contributed by atoms with Gasteiger partial charge in [-0.05, 0) is 24.1 Å². The third-order valence-corrected chi connectivity index (χ3v) is 5.48. The van der Waals surface area contributed by atoms with E-state index in [0.29, 0.717) is 12.2 Å². The molecule has 140 valence electrons. The van der Waals surface area contributed by atoms with E-state index < -0.39 is 0 Å². The molecule has 9 heteroatoms. The highest BCUT2D eigenvalue weighted by Gasteiger charge is 2.21. The molecule has 1 amide bonds. The molecule has 0 atom stereocenters. The molecule has 1 fully saturated rings. The molecular weight excluding hydrogens is 362 g/mol. The van der Waals surface area contributed by atoms with Crippen molar-refractivity contribution in [3.05, 3.63) is 42.1 Å². The standard InChI is InChI=1S/C18H21N7OS/c1-24-16-14(12-21-24)17(25-8-10-27-11-9-25)23-15(22-16)18(26)20-7-4-13-2-5-19-6-3-13/h2-3,5-6,12H,4,7-11H2,1H3,(H,20,26). The fourth-order valence-corrected chi connectivity index (χ4v) is 3.98. The molecule has 1 aliphatic rings. The second-order valence-corrected chi connectivity index (χ2v) is 7.56. The number of hydrogen-bond donors (Lipinski definition) is 1. The Kier molecular flexibility index (Phi) is 5.19. The van der Waals surface area contributed by atoms with E-state index in [9.17, 15) is 4.79 Å². The molecule has 0 radical (unpaired) electrons. The van der Waals surface area contributed by atoms with Gasteiger partial charge in [0.15, 0.2) is 5.65 Å². The van der Waals surface area contributed by atoms with Crippen molar-refractivity contribution < 1.29 is 4.79 Å². The molecule has 27 heavy (non-hydrogen) atoms. The van der Waals surface area contributed by atoms with Gasteiger partial charge in [-0.1, -0.05) is 0 Å². The van der Waals surface area contributed by atoms with E-state index in [1.54, 1.807) is 23.3 Å². The molecule has 3 aromatic heterocycles. The van der Waals surface area contributed by atoms with Gasteiger partial charge in [-0.2, -0.15) is 16.9 Å². The molecule has 4 rings (SSSR count). The summed E-state index contributed by atoms with van der Waals surface area (Å²) >= 11 is 1.93. The molecule has 0 unspecified atom stereocenters. The zero-order valence-electron chi connectivity index (χ0n) is 15.1. The van der Waals surface area contributed by atoms with Crippen LogP contribution in [0.4, 0.5) is 5.82 Å². The van der Waals surface area contributed by atoms with E-state index in [1.807, 2.05) is 30.9 Å². The molecule has 1 N–H and O–H groups in total. The van der Waals surface area contributed by atoms with Gasteiger partial charge in [-0.3, -0.25) is 14.5 Å². The first-order valence-corrected chi connectivity index (χ1v) is 10.1. The van der Waals surface area contributed by atoms with E-state index in [1.165, 1.54) is 0 Å². The van der Waals surface area contributed by atoms with E-state index in [2.05, 4.69) is 30.3 Å². The fraction of sp³-hybridized carbons (Fsp3) is 0.389. The highest BCUT2D eigenvalue weighted by molar-refractivity contribution is 7.99. The first-order valence-electron chi connectivity index (χ1n) is 8.92. The minimum absolute atomic E-state index is 0.189. The minimum atomic E-state index is -0.264. The maximum absolute atomic E-state index is 12.6. The Morgan fingerprint density at radius 3 is 2.78 bits per heavy atom. The number of thioether (sulfide) groups is 1. The summed E-state index contributed by atoms with van der Waals surface area (Å²) in [5, 5.41) is 8.10. The summed E-state index contributed by atoms with van der Waals surface area (Å²) in [7, 11) is 1.83. The predicted octanol–water partition coefficient (Wildman–Crippen LogP) is 1.28. The van der Waals surface area contributed by atoms with Gasteiger partial charge in [-0.15, -0.1) is 0 Å². The molecule has 0 saturated carbocycles. The third kappa shape index (κ3) is 3.87. The van der Waals surface area contributed by atoms with Crippen molar-refractivity contribution in [3.63, 3.8) is 0 Å². The van der Waals surface area contributed by atoms with Crippen LogP contribution in [0.1, 0.15) is 16.2 Å². The monoisotopic (exact) mass is 383 g/mol. The highest BCUT2D eigenvalue weighted by atomic mass is 32.2. The lowest BCUT2D eigenvalue weighted by atomic mass is 10.2. The van der Waals surface area contributed by atoms with Crippen LogP contribution in [0, 0.1) is 0 Å². The van der Waals surface area contributed by atoms with Gasteiger partial charge in [0.1, 0.15) is 5.82 Å². The Bertz CT molecular complexity index is 938. The van der Waals surface area contributed by atoms with Crippen molar-refractivity contribution in [1.29, 1.82) is 0 Å². The Balaban J connectivity index is 1.55. The lowest BCUT2D eigenvalue weighted by molar-refractivity contribution is 0.0944. The zero-order valence-corrected chi connectivity index (χ0v) is 15.9. The van der Waals surface area contributed by atoms with Crippen LogP contribution in [0.15, 0.2) is 30.7 Å². The van der Waals surface area contributed by atoms with Crippen LogP contribution in [0.5, 0.6) is 0 Å². The molecule has 0 aromatic carbocycles.